The lowest BCUT2D eigenvalue weighted by Gasteiger charge is -2.13. The van der Waals surface area contributed by atoms with Crippen molar-refractivity contribution in [2.45, 2.75) is 19.4 Å². The monoisotopic (exact) mass is 402 g/mol. The molecule has 3 rings (SSSR count). The van der Waals surface area contributed by atoms with Gasteiger partial charge in [-0.2, -0.15) is 0 Å². The Kier molecular flexibility index (Phi) is 8.77. The van der Waals surface area contributed by atoms with Gasteiger partial charge in [0.1, 0.15) is 12.4 Å². The smallest absolute Gasteiger partial charge is 0.195 e. The number of aliphatic imine (C=N–C) groups is 1. The van der Waals surface area contributed by atoms with E-state index >= 15 is 0 Å². The lowest BCUT2D eigenvalue weighted by Crippen LogP contribution is -2.32. The highest BCUT2D eigenvalue weighted by atomic mass is 16.5. The SMILES string of the molecule is NCCCN=C(NCCc1ccccc1)Nc1ccc(OCc2ccccc2)cc1. The predicted octanol–water partition coefficient (Wildman–Crippen LogP) is 4.21. The predicted molar refractivity (Wildman–Crippen MR) is 125 cm³/mol. The number of benzene rings is 3. The first kappa shape index (κ1) is 21.4. The van der Waals surface area contributed by atoms with Crippen molar-refractivity contribution in [2.24, 2.45) is 10.7 Å². The van der Waals surface area contributed by atoms with Crippen LogP contribution in [0.5, 0.6) is 5.75 Å². The van der Waals surface area contributed by atoms with Crippen molar-refractivity contribution in [3.05, 3.63) is 96.1 Å². The fourth-order valence-electron chi connectivity index (χ4n) is 2.90. The zero-order chi connectivity index (χ0) is 20.9. The molecule has 0 spiro atoms. The third-order valence-electron chi connectivity index (χ3n) is 4.55. The fraction of sp³-hybridized carbons (Fsp3) is 0.240. The molecule has 0 aromatic heterocycles. The van der Waals surface area contributed by atoms with Crippen molar-refractivity contribution < 1.29 is 4.74 Å². The van der Waals surface area contributed by atoms with Crippen molar-refractivity contribution in [1.29, 1.82) is 0 Å². The standard InChI is InChI=1S/C25H30N4O/c26-17-7-18-27-25(28-19-16-21-8-3-1-4-9-21)29-23-12-14-24(15-13-23)30-20-22-10-5-2-6-11-22/h1-6,8-15H,7,16-20,26H2,(H2,27,28,29). The lowest BCUT2D eigenvalue weighted by atomic mass is 10.1. The van der Waals surface area contributed by atoms with Gasteiger partial charge in [-0.05, 0) is 54.8 Å². The van der Waals surface area contributed by atoms with Crippen molar-refractivity contribution in [3.8, 4) is 5.75 Å². The average molecular weight is 403 g/mol. The van der Waals surface area contributed by atoms with E-state index in [1.807, 2.05) is 48.5 Å². The maximum atomic E-state index is 5.86. The quantitative estimate of drug-likeness (QED) is 0.270. The van der Waals surface area contributed by atoms with Gasteiger partial charge in [0.15, 0.2) is 5.96 Å². The van der Waals surface area contributed by atoms with Crippen LogP contribution in [-0.2, 0) is 13.0 Å². The van der Waals surface area contributed by atoms with E-state index in [0.717, 1.165) is 42.3 Å². The summed E-state index contributed by atoms with van der Waals surface area (Å²) in [5.41, 5.74) is 9.01. The van der Waals surface area contributed by atoms with E-state index in [0.29, 0.717) is 19.7 Å². The second-order valence-corrected chi connectivity index (χ2v) is 6.96. The second kappa shape index (κ2) is 12.3. The second-order valence-electron chi connectivity index (χ2n) is 6.96. The Morgan fingerprint density at radius 3 is 2.17 bits per heavy atom. The van der Waals surface area contributed by atoms with Crippen LogP contribution in [0.4, 0.5) is 5.69 Å². The third-order valence-corrected chi connectivity index (χ3v) is 4.55. The highest BCUT2D eigenvalue weighted by Crippen LogP contribution is 2.17. The van der Waals surface area contributed by atoms with Gasteiger partial charge in [0.25, 0.3) is 0 Å². The summed E-state index contributed by atoms with van der Waals surface area (Å²) in [5, 5.41) is 6.77. The molecule has 5 nitrogen and oxygen atoms in total. The Balaban J connectivity index is 1.52. The molecule has 3 aromatic carbocycles. The Morgan fingerprint density at radius 2 is 1.50 bits per heavy atom. The Labute approximate surface area is 179 Å². The molecule has 0 saturated carbocycles. The summed E-state index contributed by atoms with van der Waals surface area (Å²) in [6.07, 6.45) is 1.79. The van der Waals surface area contributed by atoms with Crippen molar-refractivity contribution in [1.82, 2.24) is 5.32 Å². The van der Waals surface area contributed by atoms with Crippen LogP contribution in [0.2, 0.25) is 0 Å². The topological polar surface area (TPSA) is 71.7 Å². The number of nitrogens with two attached hydrogens (primary N) is 1. The molecular weight excluding hydrogens is 372 g/mol. The van der Waals surface area contributed by atoms with Gasteiger partial charge in [-0.15, -0.1) is 0 Å². The molecule has 30 heavy (non-hydrogen) atoms. The Bertz CT molecular complexity index is 880. The summed E-state index contributed by atoms with van der Waals surface area (Å²) < 4.78 is 5.86. The maximum Gasteiger partial charge on any atom is 0.195 e. The van der Waals surface area contributed by atoms with E-state index in [9.17, 15) is 0 Å². The molecule has 4 N–H and O–H groups in total. The molecule has 3 aromatic rings. The lowest BCUT2D eigenvalue weighted by molar-refractivity contribution is 0.306. The number of ether oxygens (including phenoxy) is 1. The number of hydrogen-bond acceptors (Lipinski definition) is 3. The third kappa shape index (κ3) is 7.60. The Morgan fingerprint density at radius 1 is 0.833 bits per heavy atom. The van der Waals surface area contributed by atoms with Gasteiger partial charge >= 0.3 is 0 Å². The van der Waals surface area contributed by atoms with Gasteiger partial charge in [-0.25, -0.2) is 0 Å². The molecule has 0 atom stereocenters. The highest BCUT2D eigenvalue weighted by Gasteiger charge is 2.02. The van der Waals surface area contributed by atoms with Gasteiger partial charge in [0.05, 0.1) is 0 Å². The molecule has 0 saturated heterocycles. The molecule has 0 bridgehead atoms. The molecule has 0 aliphatic rings. The molecule has 156 valence electrons. The van der Waals surface area contributed by atoms with E-state index in [-0.39, 0.29) is 0 Å². The van der Waals surface area contributed by atoms with Gasteiger partial charge in [0, 0.05) is 18.8 Å². The van der Waals surface area contributed by atoms with Crippen LogP contribution in [0.3, 0.4) is 0 Å². The fourth-order valence-corrected chi connectivity index (χ4v) is 2.90. The molecule has 0 aliphatic carbocycles. The van der Waals surface area contributed by atoms with E-state index in [4.69, 9.17) is 10.5 Å². The zero-order valence-corrected chi connectivity index (χ0v) is 17.3. The van der Waals surface area contributed by atoms with Crippen LogP contribution >= 0.6 is 0 Å². The zero-order valence-electron chi connectivity index (χ0n) is 17.3. The number of hydrogen-bond donors (Lipinski definition) is 3. The van der Waals surface area contributed by atoms with E-state index < -0.39 is 0 Å². The summed E-state index contributed by atoms with van der Waals surface area (Å²) in [6, 6.07) is 28.5. The number of nitrogens with one attached hydrogen (secondary N) is 2. The van der Waals surface area contributed by atoms with Crippen molar-refractivity contribution in [3.63, 3.8) is 0 Å². The first-order valence-electron chi connectivity index (χ1n) is 10.4. The minimum atomic E-state index is 0.556. The van der Waals surface area contributed by atoms with Crippen LogP contribution in [0.25, 0.3) is 0 Å². The van der Waals surface area contributed by atoms with E-state index in [1.165, 1.54) is 5.56 Å². The summed E-state index contributed by atoms with van der Waals surface area (Å²) in [6.45, 7) is 2.68. The highest BCUT2D eigenvalue weighted by molar-refractivity contribution is 5.93. The van der Waals surface area contributed by atoms with Crippen molar-refractivity contribution in [2.75, 3.05) is 25.0 Å². The first-order chi connectivity index (χ1) is 14.8. The Hall–Kier alpha value is -3.31. The van der Waals surface area contributed by atoms with Crippen LogP contribution in [-0.4, -0.2) is 25.6 Å². The first-order valence-corrected chi connectivity index (χ1v) is 10.4. The molecular formula is C25H30N4O. The molecule has 0 unspecified atom stereocenters. The molecule has 5 heteroatoms. The molecule has 0 aliphatic heterocycles. The largest absolute Gasteiger partial charge is 0.489 e. The summed E-state index contributed by atoms with van der Waals surface area (Å²) in [4.78, 5) is 4.62. The van der Waals surface area contributed by atoms with Crippen LogP contribution in [0, 0.1) is 0 Å². The molecule has 0 heterocycles. The van der Waals surface area contributed by atoms with Gasteiger partial charge in [-0.1, -0.05) is 60.7 Å². The summed E-state index contributed by atoms with van der Waals surface area (Å²) >= 11 is 0. The number of anilines is 1. The van der Waals surface area contributed by atoms with Gasteiger partial charge in [-0.3, -0.25) is 4.99 Å². The van der Waals surface area contributed by atoms with E-state index in [1.54, 1.807) is 0 Å². The van der Waals surface area contributed by atoms with Gasteiger partial charge in [0.2, 0.25) is 0 Å². The van der Waals surface area contributed by atoms with Crippen LogP contribution in [0.15, 0.2) is 89.9 Å². The summed E-state index contributed by atoms with van der Waals surface area (Å²) in [7, 11) is 0. The normalized spacial score (nSPS) is 11.2. The average Bonchev–Trinajstić information content (AvgIpc) is 2.80. The van der Waals surface area contributed by atoms with Crippen LogP contribution in [0.1, 0.15) is 17.5 Å². The molecule has 0 amide bonds. The molecule has 0 fully saturated rings. The number of guanidine groups is 1. The number of nitrogens with zero attached hydrogens (tertiary/aromatic N) is 1. The maximum absolute atomic E-state index is 5.86. The number of rotatable bonds is 10. The minimum absolute atomic E-state index is 0.556. The van der Waals surface area contributed by atoms with Gasteiger partial charge < -0.3 is 21.1 Å². The van der Waals surface area contributed by atoms with E-state index in [2.05, 4.69) is 52.0 Å². The minimum Gasteiger partial charge on any atom is -0.489 e. The van der Waals surface area contributed by atoms with Crippen LogP contribution < -0.4 is 21.1 Å². The molecule has 0 radical (unpaired) electrons. The summed E-state index contributed by atoms with van der Waals surface area (Å²) in [5.74, 6) is 1.60. The van der Waals surface area contributed by atoms with Crippen molar-refractivity contribution >= 4 is 11.6 Å².